The Morgan fingerprint density at radius 2 is 1.93 bits per heavy atom. The molecule has 0 bridgehead atoms. The van der Waals surface area contributed by atoms with Crippen LogP contribution < -0.4 is 26.1 Å². The van der Waals surface area contributed by atoms with Crippen LogP contribution in [0.4, 0.5) is 11.6 Å². The number of halogens is 1. The van der Waals surface area contributed by atoms with Crippen molar-refractivity contribution in [3.8, 4) is 11.5 Å². The molecule has 0 saturated carbocycles. The van der Waals surface area contributed by atoms with Gasteiger partial charge in [-0.05, 0) is 36.4 Å². The highest BCUT2D eigenvalue weighted by Gasteiger charge is 2.12. The summed E-state index contributed by atoms with van der Waals surface area (Å²) in [7, 11) is 0. The number of H-pyrrole nitrogens is 1. The standard InChI is InChI=1S/C20H18ClN5O3S/c21-12-1-4-15(5-2-12)30-11-14-10-18(27)25-20(24-14)26-19(22)23-13-3-6-16-17(9-13)29-8-7-28-16/h1-6,9-10H,7-8,11H2,(H4,22,23,24,25,26,27). The fraction of sp³-hybridized carbons (Fsp3) is 0.150. The maximum Gasteiger partial charge on any atom is 0.252 e. The van der Waals surface area contributed by atoms with Gasteiger partial charge in [-0.25, -0.2) is 4.98 Å². The number of hydrogen-bond acceptors (Lipinski definition) is 6. The van der Waals surface area contributed by atoms with E-state index in [4.69, 9.17) is 26.8 Å². The van der Waals surface area contributed by atoms with Crippen LogP contribution in [0.3, 0.4) is 0 Å². The number of ether oxygens (including phenoxy) is 2. The Hall–Kier alpha value is -3.17. The molecule has 8 nitrogen and oxygen atoms in total. The molecule has 30 heavy (non-hydrogen) atoms. The summed E-state index contributed by atoms with van der Waals surface area (Å²) in [5.74, 6) is 2.02. The van der Waals surface area contributed by atoms with Gasteiger partial charge in [-0.1, -0.05) is 11.6 Å². The van der Waals surface area contributed by atoms with E-state index >= 15 is 0 Å². The maximum absolute atomic E-state index is 12.0. The topological polar surface area (TPSA) is 115 Å². The van der Waals surface area contributed by atoms with Crippen molar-refractivity contribution < 1.29 is 9.47 Å². The molecule has 0 amide bonds. The number of aromatic amines is 1. The lowest BCUT2D eigenvalue weighted by atomic mass is 10.2. The van der Waals surface area contributed by atoms with E-state index in [2.05, 4.69) is 20.3 Å². The molecule has 0 spiro atoms. The number of rotatable bonds is 5. The van der Waals surface area contributed by atoms with Crippen molar-refractivity contribution in [1.82, 2.24) is 9.97 Å². The van der Waals surface area contributed by atoms with Gasteiger partial charge in [-0.3, -0.25) is 9.78 Å². The Morgan fingerprint density at radius 1 is 1.17 bits per heavy atom. The highest BCUT2D eigenvalue weighted by atomic mass is 35.5. The third kappa shape index (κ3) is 5.25. The molecule has 0 radical (unpaired) electrons. The van der Waals surface area contributed by atoms with E-state index in [1.807, 2.05) is 24.3 Å². The van der Waals surface area contributed by atoms with Gasteiger partial charge in [0.1, 0.15) is 13.2 Å². The normalized spacial score (nSPS) is 13.2. The zero-order chi connectivity index (χ0) is 20.9. The van der Waals surface area contributed by atoms with Crippen molar-refractivity contribution in [3.05, 3.63) is 69.6 Å². The molecule has 0 fully saturated rings. The predicted molar refractivity (Wildman–Crippen MR) is 118 cm³/mol. The number of thioether (sulfide) groups is 1. The monoisotopic (exact) mass is 443 g/mol. The first kappa shape index (κ1) is 20.1. The van der Waals surface area contributed by atoms with Crippen molar-refractivity contribution in [1.29, 1.82) is 0 Å². The summed E-state index contributed by atoms with van der Waals surface area (Å²) >= 11 is 7.44. The molecule has 1 aliphatic rings. The minimum absolute atomic E-state index is 0.0809. The summed E-state index contributed by atoms with van der Waals surface area (Å²) in [4.78, 5) is 24.1. The van der Waals surface area contributed by atoms with Crippen LogP contribution in [0, 0.1) is 0 Å². The smallest absolute Gasteiger partial charge is 0.252 e. The Morgan fingerprint density at radius 3 is 2.73 bits per heavy atom. The highest BCUT2D eigenvalue weighted by Crippen LogP contribution is 2.32. The maximum atomic E-state index is 12.0. The lowest BCUT2D eigenvalue weighted by Gasteiger charge is -2.19. The number of benzene rings is 2. The van der Waals surface area contributed by atoms with Crippen molar-refractivity contribution in [2.45, 2.75) is 10.6 Å². The van der Waals surface area contributed by atoms with Gasteiger partial charge in [-0.2, -0.15) is 4.99 Å². The van der Waals surface area contributed by atoms with E-state index in [1.165, 1.54) is 17.8 Å². The van der Waals surface area contributed by atoms with E-state index in [0.29, 0.717) is 46.9 Å². The number of anilines is 1. The molecule has 0 atom stereocenters. The third-order valence-corrected chi connectivity index (χ3v) is 5.32. The van der Waals surface area contributed by atoms with Gasteiger partial charge in [0.25, 0.3) is 5.56 Å². The zero-order valence-corrected chi connectivity index (χ0v) is 17.3. The van der Waals surface area contributed by atoms with Gasteiger partial charge in [0.15, 0.2) is 11.5 Å². The second kappa shape index (κ2) is 9.10. The van der Waals surface area contributed by atoms with Crippen molar-refractivity contribution in [2.24, 2.45) is 10.7 Å². The predicted octanol–water partition coefficient (Wildman–Crippen LogP) is 3.55. The Bertz CT molecular complexity index is 1130. The second-order valence-electron chi connectivity index (χ2n) is 6.28. The van der Waals surface area contributed by atoms with Crippen LogP contribution in [0.1, 0.15) is 5.69 Å². The van der Waals surface area contributed by atoms with Gasteiger partial charge >= 0.3 is 0 Å². The summed E-state index contributed by atoms with van der Waals surface area (Å²) in [5.41, 5.74) is 6.94. The first-order chi connectivity index (χ1) is 14.5. The Kier molecular flexibility index (Phi) is 6.10. The SMILES string of the molecule is N/C(=N\c1nc(CSc2ccc(Cl)cc2)cc(=O)[nH]1)Nc1ccc2c(c1)OCCO2. The largest absolute Gasteiger partial charge is 0.486 e. The summed E-state index contributed by atoms with van der Waals surface area (Å²) in [6, 6.07) is 14.2. The Balaban J connectivity index is 1.45. The number of aliphatic imine (C=N–C) groups is 1. The van der Waals surface area contributed by atoms with E-state index in [9.17, 15) is 4.79 Å². The van der Waals surface area contributed by atoms with Gasteiger partial charge in [0.05, 0.1) is 5.69 Å². The zero-order valence-electron chi connectivity index (χ0n) is 15.7. The fourth-order valence-corrected chi connectivity index (χ4v) is 3.64. The molecule has 1 aromatic heterocycles. The first-order valence-corrected chi connectivity index (χ1v) is 10.4. The van der Waals surface area contributed by atoms with Gasteiger partial charge in [-0.15, -0.1) is 11.8 Å². The van der Waals surface area contributed by atoms with Crippen LogP contribution in [0.25, 0.3) is 0 Å². The average Bonchev–Trinajstić information content (AvgIpc) is 2.73. The number of nitrogens with two attached hydrogens (primary N) is 1. The van der Waals surface area contributed by atoms with Crippen molar-refractivity contribution in [3.63, 3.8) is 0 Å². The molecule has 4 rings (SSSR count). The molecule has 0 aliphatic carbocycles. The average molecular weight is 444 g/mol. The highest BCUT2D eigenvalue weighted by molar-refractivity contribution is 7.98. The van der Waals surface area contributed by atoms with Gasteiger partial charge in [0.2, 0.25) is 11.9 Å². The molecule has 1 aliphatic heterocycles. The minimum atomic E-state index is -0.303. The molecular formula is C20H18ClN5O3S. The minimum Gasteiger partial charge on any atom is -0.486 e. The number of fused-ring (bicyclic) bond motifs is 1. The van der Waals surface area contributed by atoms with Crippen LogP contribution in [-0.2, 0) is 5.75 Å². The van der Waals surface area contributed by atoms with E-state index in [-0.39, 0.29) is 17.5 Å². The number of nitrogens with one attached hydrogen (secondary N) is 2. The number of aromatic nitrogens is 2. The molecule has 154 valence electrons. The molecule has 0 unspecified atom stereocenters. The fourth-order valence-electron chi connectivity index (χ4n) is 2.72. The van der Waals surface area contributed by atoms with Gasteiger partial charge in [0, 0.05) is 33.5 Å². The molecule has 2 aromatic carbocycles. The molecule has 3 aromatic rings. The molecular weight excluding hydrogens is 426 g/mol. The van der Waals surface area contributed by atoms with Crippen LogP contribution in [0.15, 0.2) is 63.2 Å². The lowest BCUT2D eigenvalue weighted by Crippen LogP contribution is -2.23. The second-order valence-corrected chi connectivity index (χ2v) is 7.77. The lowest BCUT2D eigenvalue weighted by molar-refractivity contribution is 0.171. The van der Waals surface area contributed by atoms with Crippen LogP contribution in [-0.4, -0.2) is 29.1 Å². The quantitative estimate of drug-likeness (QED) is 0.314. The van der Waals surface area contributed by atoms with Gasteiger partial charge < -0.3 is 20.5 Å². The number of nitrogens with zero attached hydrogens (tertiary/aromatic N) is 2. The molecule has 0 saturated heterocycles. The first-order valence-electron chi connectivity index (χ1n) is 9.04. The van der Waals surface area contributed by atoms with Crippen molar-refractivity contribution >= 4 is 41.0 Å². The van der Waals surface area contributed by atoms with Crippen molar-refractivity contribution in [2.75, 3.05) is 18.5 Å². The van der Waals surface area contributed by atoms with E-state index in [1.54, 1.807) is 18.2 Å². The number of guanidine groups is 1. The molecule has 2 heterocycles. The van der Waals surface area contributed by atoms with Crippen LogP contribution in [0.2, 0.25) is 5.02 Å². The summed E-state index contributed by atoms with van der Waals surface area (Å²) < 4.78 is 11.0. The van der Waals surface area contributed by atoms with E-state index in [0.717, 1.165) is 4.90 Å². The van der Waals surface area contributed by atoms with Crippen LogP contribution in [0.5, 0.6) is 11.5 Å². The summed E-state index contributed by atoms with van der Waals surface area (Å²) in [6.07, 6.45) is 0. The third-order valence-electron chi connectivity index (χ3n) is 4.02. The Labute approximate surface area is 181 Å². The molecule has 10 heteroatoms. The van der Waals surface area contributed by atoms with Crippen LogP contribution >= 0.6 is 23.4 Å². The van der Waals surface area contributed by atoms with E-state index < -0.39 is 0 Å². The summed E-state index contributed by atoms with van der Waals surface area (Å²) in [6.45, 7) is 1.01. The molecule has 4 N–H and O–H groups in total. The summed E-state index contributed by atoms with van der Waals surface area (Å²) in [5, 5.41) is 3.63. The number of hydrogen-bond donors (Lipinski definition) is 3.